The Bertz CT molecular complexity index is 332. The van der Waals surface area contributed by atoms with Gasteiger partial charge in [0.1, 0.15) is 11.4 Å². The molecule has 0 aromatic heterocycles. The van der Waals surface area contributed by atoms with E-state index in [9.17, 15) is 9.59 Å². The molecule has 0 unspecified atom stereocenters. The van der Waals surface area contributed by atoms with Crippen LogP contribution >= 0.6 is 0 Å². The topological polar surface area (TPSA) is 46.6 Å². The van der Waals surface area contributed by atoms with Crippen LogP contribution in [0.25, 0.3) is 0 Å². The molecule has 2 rings (SSSR count). The van der Waals surface area contributed by atoms with Crippen LogP contribution in [0.2, 0.25) is 0 Å². The van der Waals surface area contributed by atoms with Crippen molar-refractivity contribution in [1.29, 1.82) is 0 Å². The SMILES string of the molecule is CC(C)(C)OC(=O)N1C[C@@H]2CCCC(=O)[C@@H]2C1. The zero-order chi connectivity index (χ0) is 12.6. The smallest absolute Gasteiger partial charge is 0.410 e. The molecule has 1 saturated carbocycles. The minimum atomic E-state index is -0.463. The fourth-order valence-electron chi connectivity index (χ4n) is 2.73. The second-order valence-electron chi connectivity index (χ2n) is 6.11. The van der Waals surface area contributed by atoms with Gasteiger partial charge in [0.25, 0.3) is 0 Å². The van der Waals surface area contributed by atoms with Gasteiger partial charge in [-0.05, 0) is 39.5 Å². The van der Waals surface area contributed by atoms with E-state index in [2.05, 4.69) is 0 Å². The fourth-order valence-corrected chi connectivity index (χ4v) is 2.73. The zero-order valence-corrected chi connectivity index (χ0v) is 10.9. The average molecular weight is 239 g/mol. The van der Waals surface area contributed by atoms with Gasteiger partial charge in [0.2, 0.25) is 0 Å². The number of hydrogen-bond acceptors (Lipinski definition) is 3. The molecule has 0 bridgehead atoms. The van der Waals surface area contributed by atoms with Crippen molar-refractivity contribution in [3.05, 3.63) is 0 Å². The first-order valence-electron chi connectivity index (χ1n) is 6.37. The summed E-state index contributed by atoms with van der Waals surface area (Å²) in [6, 6.07) is 0. The van der Waals surface area contributed by atoms with Gasteiger partial charge in [0.15, 0.2) is 0 Å². The normalized spacial score (nSPS) is 29.1. The Labute approximate surface area is 102 Å². The third kappa shape index (κ3) is 2.79. The number of Topliss-reactive ketones (excluding diaryl/α,β-unsaturated/α-hetero) is 1. The van der Waals surface area contributed by atoms with Gasteiger partial charge in [-0.3, -0.25) is 4.79 Å². The molecule has 0 N–H and O–H groups in total. The van der Waals surface area contributed by atoms with Crippen LogP contribution in [0.4, 0.5) is 4.79 Å². The van der Waals surface area contributed by atoms with Crippen LogP contribution in [-0.4, -0.2) is 35.5 Å². The highest BCUT2D eigenvalue weighted by atomic mass is 16.6. The molecule has 0 radical (unpaired) electrons. The number of ketones is 1. The highest BCUT2D eigenvalue weighted by Crippen LogP contribution is 2.34. The Hall–Kier alpha value is -1.06. The van der Waals surface area contributed by atoms with Gasteiger partial charge in [-0.2, -0.15) is 0 Å². The van der Waals surface area contributed by atoms with E-state index in [0.29, 0.717) is 31.2 Å². The lowest BCUT2D eigenvalue weighted by Gasteiger charge is -2.24. The molecule has 0 spiro atoms. The zero-order valence-electron chi connectivity index (χ0n) is 10.9. The van der Waals surface area contributed by atoms with Crippen LogP contribution in [0.5, 0.6) is 0 Å². The third-order valence-corrected chi connectivity index (χ3v) is 3.50. The van der Waals surface area contributed by atoms with Crippen LogP contribution in [0.15, 0.2) is 0 Å². The first-order valence-corrected chi connectivity index (χ1v) is 6.37. The lowest BCUT2D eigenvalue weighted by molar-refractivity contribution is -0.125. The second kappa shape index (κ2) is 4.31. The summed E-state index contributed by atoms with van der Waals surface area (Å²) in [4.78, 5) is 25.4. The maximum absolute atomic E-state index is 11.9. The van der Waals surface area contributed by atoms with Crippen LogP contribution in [0, 0.1) is 11.8 Å². The first-order chi connectivity index (χ1) is 7.87. The highest BCUT2D eigenvalue weighted by molar-refractivity contribution is 5.83. The van der Waals surface area contributed by atoms with Gasteiger partial charge in [-0.25, -0.2) is 4.79 Å². The number of ether oxygens (including phenoxy) is 1. The van der Waals surface area contributed by atoms with Gasteiger partial charge in [0.05, 0.1) is 0 Å². The van der Waals surface area contributed by atoms with Crippen molar-refractivity contribution in [3.63, 3.8) is 0 Å². The molecule has 2 atom stereocenters. The van der Waals surface area contributed by atoms with Crippen molar-refractivity contribution < 1.29 is 14.3 Å². The van der Waals surface area contributed by atoms with Crippen molar-refractivity contribution in [2.45, 2.75) is 45.6 Å². The minimum absolute atomic E-state index is 0.0660. The van der Waals surface area contributed by atoms with Gasteiger partial charge in [0, 0.05) is 25.4 Å². The third-order valence-electron chi connectivity index (χ3n) is 3.50. The Morgan fingerprint density at radius 2 is 2.06 bits per heavy atom. The lowest BCUT2D eigenvalue weighted by Crippen LogP contribution is -2.35. The molecule has 1 aliphatic carbocycles. The summed E-state index contributed by atoms with van der Waals surface area (Å²) in [5.74, 6) is 0.757. The Morgan fingerprint density at radius 3 is 2.65 bits per heavy atom. The van der Waals surface area contributed by atoms with Crippen LogP contribution in [-0.2, 0) is 9.53 Å². The van der Waals surface area contributed by atoms with E-state index in [1.807, 2.05) is 20.8 Å². The summed E-state index contributed by atoms with van der Waals surface area (Å²) < 4.78 is 5.34. The highest BCUT2D eigenvalue weighted by Gasteiger charge is 2.42. The number of hydrogen-bond donors (Lipinski definition) is 0. The molecule has 4 heteroatoms. The number of rotatable bonds is 0. The molecule has 2 fully saturated rings. The number of nitrogens with zero attached hydrogens (tertiary/aromatic N) is 1. The van der Waals surface area contributed by atoms with Crippen molar-refractivity contribution in [2.24, 2.45) is 11.8 Å². The number of fused-ring (bicyclic) bond motifs is 1. The van der Waals surface area contributed by atoms with Gasteiger partial charge in [-0.15, -0.1) is 0 Å². The van der Waals surface area contributed by atoms with E-state index < -0.39 is 5.60 Å². The van der Waals surface area contributed by atoms with Crippen molar-refractivity contribution in [3.8, 4) is 0 Å². The van der Waals surface area contributed by atoms with Crippen LogP contribution < -0.4 is 0 Å². The molecular formula is C13H21NO3. The van der Waals surface area contributed by atoms with Crippen molar-refractivity contribution in [2.75, 3.05) is 13.1 Å². The standard InChI is InChI=1S/C13H21NO3/c1-13(2,3)17-12(16)14-7-9-5-4-6-11(15)10(9)8-14/h9-10H,4-8H2,1-3H3/t9-,10+/m0/s1. The van der Waals surface area contributed by atoms with Crippen LogP contribution in [0.1, 0.15) is 40.0 Å². The van der Waals surface area contributed by atoms with E-state index in [-0.39, 0.29) is 12.0 Å². The predicted molar refractivity (Wildman–Crippen MR) is 63.6 cm³/mol. The fraction of sp³-hybridized carbons (Fsp3) is 0.846. The molecule has 17 heavy (non-hydrogen) atoms. The summed E-state index contributed by atoms with van der Waals surface area (Å²) in [6.45, 7) is 6.82. The number of amides is 1. The molecule has 1 saturated heterocycles. The van der Waals surface area contributed by atoms with Gasteiger partial charge >= 0.3 is 6.09 Å². The quantitative estimate of drug-likeness (QED) is 0.651. The van der Waals surface area contributed by atoms with E-state index in [4.69, 9.17) is 4.74 Å². The maximum Gasteiger partial charge on any atom is 0.410 e. The lowest BCUT2D eigenvalue weighted by atomic mass is 9.81. The molecule has 0 aromatic rings. The van der Waals surface area contributed by atoms with E-state index in [0.717, 1.165) is 12.8 Å². The van der Waals surface area contributed by atoms with Crippen molar-refractivity contribution in [1.82, 2.24) is 4.90 Å². The van der Waals surface area contributed by atoms with Crippen molar-refractivity contribution >= 4 is 11.9 Å². The first kappa shape index (κ1) is 12.4. The van der Waals surface area contributed by atoms with E-state index in [1.54, 1.807) is 4.90 Å². The largest absolute Gasteiger partial charge is 0.444 e. The summed E-state index contributed by atoms with van der Waals surface area (Å²) in [6.07, 6.45) is 2.45. The minimum Gasteiger partial charge on any atom is -0.444 e. The number of likely N-dealkylation sites (tertiary alicyclic amines) is 1. The molecule has 96 valence electrons. The molecule has 1 heterocycles. The summed E-state index contributed by atoms with van der Waals surface area (Å²) in [5.41, 5.74) is -0.463. The summed E-state index contributed by atoms with van der Waals surface area (Å²) in [7, 11) is 0. The van der Waals surface area contributed by atoms with Gasteiger partial charge < -0.3 is 9.64 Å². The summed E-state index contributed by atoms with van der Waals surface area (Å²) in [5, 5.41) is 0. The Balaban J connectivity index is 1.97. The number of carbonyl (C=O) groups excluding carboxylic acids is 2. The number of carbonyl (C=O) groups is 2. The average Bonchev–Trinajstić information content (AvgIpc) is 2.60. The second-order valence-corrected chi connectivity index (χ2v) is 6.11. The molecule has 4 nitrogen and oxygen atoms in total. The summed E-state index contributed by atoms with van der Waals surface area (Å²) >= 11 is 0. The maximum atomic E-state index is 11.9. The Kier molecular flexibility index (Phi) is 3.15. The van der Waals surface area contributed by atoms with Gasteiger partial charge in [-0.1, -0.05) is 0 Å². The van der Waals surface area contributed by atoms with E-state index in [1.165, 1.54) is 0 Å². The van der Waals surface area contributed by atoms with E-state index >= 15 is 0 Å². The molecule has 1 amide bonds. The predicted octanol–water partition coefficient (Wildman–Crippen LogP) is 2.22. The molecule has 0 aromatic carbocycles. The molecule has 1 aliphatic heterocycles. The van der Waals surface area contributed by atoms with Crippen LogP contribution in [0.3, 0.4) is 0 Å². The Morgan fingerprint density at radius 1 is 1.35 bits per heavy atom. The molecule has 2 aliphatic rings. The molecular weight excluding hydrogens is 218 g/mol. The monoisotopic (exact) mass is 239 g/mol.